The van der Waals surface area contributed by atoms with Crippen LogP contribution in [0.4, 0.5) is 5.69 Å². The summed E-state index contributed by atoms with van der Waals surface area (Å²) in [5.74, 6) is 0.166. The molecule has 4 rings (SSSR count). The lowest BCUT2D eigenvalue weighted by Gasteiger charge is -2.10. The number of rotatable bonds is 6. The molecule has 2 aromatic heterocycles. The Morgan fingerprint density at radius 3 is 2.67 bits per heavy atom. The fraction of sp³-hybridized carbons (Fsp3) is 0.190. The molecule has 0 aliphatic rings. The average molecular weight is 421 g/mol. The number of benzene rings is 2. The zero-order valence-corrected chi connectivity index (χ0v) is 17.3. The van der Waals surface area contributed by atoms with Gasteiger partial charge in [0.25, 0.3) is 0 Å². The van der Waals surface area contributed by atoms with Crippen LogP contribution in [0.2, 0.25) is 0 Å². The Labute approximate surface area is 176 Å². The molecule has 2 heterocycles. The molecule has 0 atom stereocenters. The topological polar surface area (TPSA) is 98.5 Å². The first-order chi connectivity index (χ1) is 14.6. The minimum Gasteiger partial charge on any atom is -0.465 e. The van der Waals surface area contributed by atoms with Gasteiger partial charge in [0.05, 0.1) is 35.1 Å². The van der Waals surface area contributed by atoms with Crippen molar-refractivity contribution in [2.45, 2.75) is 18.4 Å². The number of hydrogen-bond donors (Lipinski definition) is 1. The number of hydrogen-bond acceptors (Lipinski definition) is 7. The van der Waals surface area contributed by atoms with Gasteiger partial charge in [-0.1, -0.05) is 43.0 Å². The molecule has 0 radical (unpaired) electrons. The number of aromatic nitrogens is 4. The monoisotopic (exact) mass is 421 g/mol. The number of amides is 1. The maximum absolute atomic E-state index is 12.6. The van der Waals surface area contributed by atoms with Crippen LogP contribution in [0.1, 0.15) is 23.1 Å². The average Bonchev–Trinajstić information content (AvgIpc) is 3.22. The van der Waals surface area contributed by atoms with Crippen molar-refractivity contribution >= 4 is 46.0 Å². The van der Waals surface area contributed by atoms with E-state index in [0.717, 1.165) is 23.3 Å². The van der Waals surface area contributed by atoms with Gasteiger partial charge in [0, 0.05) is 6.42 Å². The molecule has 0 aliphatic carbocycles. The fourth-order valence-electron chi connectivity index (χ4n) is 3.14. The molecule has 1 amide bonds. The van der Waals surface area contributed by atoms with Gasteiger partial charge >= 0.3 is 5.97 Å². The van der Waals surface area contributed by atoms with E-state index >= 15 is 0 Å². The molecule has 0 saturated carbocycles. The summed E-state index contributed by atoms with van der Waals surface area (Å²) in [5, 5.41) is 11.9. The summed E-state index contributed by atoms with van der Waals surface area (Å²) >= 11 is 1.27. The number of fused-ring (bicyclic) bond motifs is 3. The molecule has 8 nitrogen and oxygen atoms in total. The van der Waals surface area contributed by atoms with Crippen LogP contribution in [-0.4, -0.2) is 44.3 Å². The highest BCUT2D eigenvalue weighted by Crippen LogP contribution is 2.26. The van der Waals surface area contributed by atoms with E-state index in [9.17, 15) is 9.59 Å². The van der Waals surface area contributed by atoms with Gasteiger partial charge in [-0.2, -0.15) is 0 Å². The second kappa shape index (κ2) is 8.50. The second-order valence-electron chi connectivity index (χ2n) is 6.41. The van der Waals surface area contributed by atoms with Gasteiger partial charge < -0.3 is 10.1 Å². The Kier molecular flexibility index (Phi) is 5.62. The Balaban J connectivity index is 1.59. The highest BCUT2D eigenvalue weighted by Gasteiger charge is 2.17. The summed E-state index contributed by atoms with van der Waals surface area (Å²) in [6, 6.07) is 14.5. The first-order valence-electron chi connectivity index (χ1n) is 9.35. The Hall–Kier alpha value is -3.46. The minimum absolute atomic E-state index is 0.102. The molecule has 0 saturated heterocycles. The van der Waals surface area contributed by atoms with Gasteiger partial charge in [-0.05, 0) is 24.3 Å². The van der Waals surface area contributed by atoms with E-state index in [-0.39, 0.29) is 11.7 Å². The zero-order chi connectivity index (χ0) is 21.1. The van der Waals surface area contributed by atoms with Crippen LogP contribution in [0.15, 0.2) is 53.6 Å². The molecular weight excluding hydrogens is 402 g/mol. The predicted molar refractivity (Wildman–Crippen MR) is 115 cm³/mol. The van der Waals surface area contributed by atoms with Crippen molar-refractivity contribution < 1.29 is 14.3 Å². The van der Waals surface area contributed by atoms with E-state index in [1.807, 2.05) is 35.6 Å². The SMILES string of the molecule is CCc1nnc2c(SCC(=O)Nc3ccccc3C(=O)OC)nc3ccccc3n12. The molecule has 0 spiro atoms. The number of nitrogens with zero attached hydrogens (tertiary/aromatic N) is 4. The maximum atomic E-state index is 12.6. The van der Waals surface area contributed by atoms with E-state index in [0.29, 0.717) is 21.9 Å². The maximum Gasteiger partial charge on any atom is 0.339 e. The summed E-state index contributed by atoms with van der Waals surface area (Å²) in [6.45, 7) is 2.02. The van der Waals surface area contributed by atoms with Crippen LogP contribution in [-0.2, 0) is 16.0 Å². The summed E-state index contributed by atoms with van der Waals surface area (Å²) in [7, 11) is 1.30. The van der Waals surface area contributed by atoms with Crippen molar-refractivity contribution in [2.24, 2.45) is 0 Å². The molecule has 2 aromatic carbocycles. The summed E-state index contributed by atoms with van der Waals surface area (Å²) in [6.07, 6.45) is 0.726. The zero-order valence-electron chi connectivity index (χ0n) is 16.5. The molecule has 0 aliphatic heterocycles. The molecule has 152 valence electrons. The first kappa shape index (κ1) is 19.8. The van der Waals surface area contributed by atoms with E-state index in [2.05, 4.69) is 20.5 Å². The minimum atomic E-state index is -0.507. The van der Waals surface area contributed by atoms with Gasteiger partial charge in [0.2, 0.25) is 5.91 Å². The molecule has 0 unspecified atom stereocenters. The number of carbonyl (C=O) groups is 2. The third-order valence-electron chi connectivity index (χ3n) is 4.53. The van der Waals surface area contributed by atoms with Gasteiger partial charge in [-0.15, -0.1) is 10.2 Å². The number of aryl methyl sites for hydroxylation is 1. The third kappa shape index (κ3) is 3.71. The van der Waals surface area contributed by atoms with Crippen molar-refractivity contribution in [3.05, 3.63) is 59.9 Å². The molecule has 0 fully saturated rings. The van der Waals surface area contributed by atoms with Crippen molar-refractivity contribution in [3.63, 3.8) is 0 Å². The highest BCUT2D eigenvalue weighted by molar-refractivity contribution is 8.00. The fourth-order valence-corrected chi connectivity index (χ4v) is 3.91. The molecule has 30 heavy (non-hydrogen) atoms. The van der Waals surface area contributed by atoms with Crippen LogP contribution in [0.3, 0.4) is 0 Å². The van der Waals surface area contributed by atoms with Crippen LogP contribution in [0.25, 0.3) is 16.7 Å². The van der Waals surface area contributed by atoms with E-state index in [1.165, 1.54) is 18.9 Å². The second-order valence-corrected chi connectivity index (χ2v) is 7.37. The Morgan fingerprint density at radius 2 is 1.87 bits per heavy atom. The van der Waals surface area contributed by atoms with E-state index in [1.54, 1.807) is 24.3 Å². The normalized spacial score (nSPS) is 11.0. The number of carbonyl (C=O) groups excluding carboxylic acids is 2. The number of esters is 1. The standard InChI is InChI=1S/C21H19N5O3S/c1-3-17-24-25-19-20(23-15-10-6-7-11-16(15)26(17)19)30-12-18(27)22-14-9-5-4-8-13(14)21(28)29-2/h4-11H,3,12H2,1-2H3,(H,22,27). The van der Waals surface area contributed by atoms with Crippen molar-refractivity contribution in [1.29, 1.82) is 0 Å². The summed E-state index contributed by atoms with van der Waals surface area (Å²) in [4.78, 5) is 29.1. The van der Waals surface area contributed by atoms with Crippen molar-refractivity contribution in [2.75, 3.05) is 18.2 Å². The van der Waals surface area contributed by atoms with E-state index in [4.69, 9.17) is 4.74 Å². The summed E-state index contributed by atoms with van der Waals surface area (Å²) < 4.78 is 6.75. The number of ether oxygens (including phenoxy) is 1. The Morgan fingerprint density at radius 1 is 1.10 bits per heavy atom. The molecule has 1 N–H and O–H groups in total. The van der Waals surface area contributed by atoms with Gasteiger partial charge in [0.1, 0.15) is 10.9 Å². The number of methoxy groups -OCH3 is 1. The summed E-state index contributed by atoms with van der Waals surface area (Å²) in [5.41, 5.74) is 3.06. The number of para-hydroxylation sites is 3. The van der Waals surface area contributed by atoms with Gasteiger partial charge in [-0.3, -0.25) is 9.20 Å². The van der Waals surface area contributed by atoms with Gasteiger partial charge in [0.15, 0.2) is 5.65 Å². The van der Waals surface area contributed by atoms with Crippen LogP contribution >= 0.6 is 11.8 Å². The highest BCUT2D eigenvalue weighted by atomic mass is 32.2. The van der Waals surface area contributed by atoms with Crippen molar-refractivity contribution in [1.82, 2.24) is 19.6 Å². The molecule has 4 aromatic rings. The quantitative estimate of drug-likeness (QED) is 0.376. The van der Waals surface area contributed by atoms with E-state index < -0.39 is 5.97 Å². The molecule has 9 heteroatoms. The largest absolute Gasteiger partial charge is 0.465 e. The molecule has 0 bridgehead atoms. The van der Waals surface area contributed by atoms with Crippen LogP contribution in [0, 0.1) is 0 Å². The Bertz CT molecular complexity index is 1250. The number of nitrogens with one attached hydrogen (secondary N) is 1. The number of thioether (sulfide) groups is 1. The van der Waals surface area contributed by atoms with Crippen LogP contribution < -0.4 is 5.32 Å². The van der Waals surface area contributed by atoms with Crippen LogP contribution in [0.5, 0.6) is 0 Å². The lowest BCUT2D eigenvalue weighted by atomic mass is 10.2. The number of anilines is 1. The third-order valence-corrected chi connectivity index (χ3v) is 5.48. The van der Waals surface area contributed by atoms with Crippen molar-refractivity contribution in [3.8, 4) is 0 Å². The lowest BCUT2D eigenvalue weighted by molar-refractivity contribution is -0.113. The smallest absolute Gasteiger partial charge is 0.339 e. The van der Waals surface area contributed by atoms with Gasteiger partial charge in [-0.25, -0.2) is 9.78 Å². The lowest BCUT2D eigenvalue weighted by Crippen LogP contribution is -2.17. The first-order valence-corrected chi connectivity index (χ1v) is 10.3. The predicted octanol–water partition coefficient (Wildman–Crippen LogP) is 3.36. The molecular formula is C21H19N5O3S.